The predicted octanol–water partition coefficient (Wildman–Crippen LogP) is 0.890. The number of hydrogen-bond donors (Lipinski definition) is 2. The summed E-state index contributed by atoms with van der Waals surface area (Å²) < 4.78 is 27.8. The monoisotopic (exact) mass is 330 g/mol. The van der Waals surface area contributed by atoms with Crippen LogP contribution in [-0.2, 0) is 21.2 Å². The Morgan fingerprint density at radius 3 is 2.95 bits per heavy atom. The molecule has 0 amide bonds. The Balaban J connectivity index is 1.71. The van der Waals surface area contributed by atoms with Gasteiger partial charge in [-0.3, -0.25) is 9.69 Å². The van der Waals surface area contributed by atoms with Gasteiger partial charge in [-0.05, 0) is 37.9 Å². The second-order valence-electron chi connectivity index (χ2n) is 5.55. The number of nitrogens with one attached hydrogen (secondary N) is 1. The Morgan fingerprint density at radius 1 is 1.38 bits per heavy atom. The van der Waals surface area contributed by atoms with Gasteiger partial charge in [-0.2, -0.15) is 0 Å². The topological polar surface area (TPSA) is 86.7 Å². The smallest absolute Gasteiger partial charge is 0.308 e. The lowest BCUT2D eigenvalue weighted by Gasteiger charge is -2.20. The molecule has 3 rings (SSSR count). The minimum atomic E-state index is -3.55. The third kappa shape index (κ3) is 3.13. The summed E-state index contributed by atoms with van der Waals surface area (Å²) in [5, 5.41) is 8.75. The van der Waals surface area contributed by atoms with E-state index < -0.39 is 16.0 Å². The molecule has 8 heteroatoms. The van der Waals surface area contributed by atoms with E-state index in [0.717, 1.165) is 43.7 Å². The molecular formula is C13H18N2O4S2. The summed E-state index contributed by atoms with van der Waals surface area (Å²) >= 11 is 1.03. The fourth-order valence-electron chi connectivity index (χ4n) is 3.22. The molecule has 3 heterocycles. The van der Waals surface area contributed by atoms with E-state index in [2.05, 4.69) is 9.62 Å². The second kappa shape index (κ2) is 5.68. The molecule has 0 radical (unpaired) electrons. The number of hydrogen-bond acceptors (Lipinski definition) is 5. The minimum absolute atomic E-state index is 0.0254. The summed E-state index contributed by atoms with van der Waals surface area (Å²) in [7, 11) is -3.55. The average molecular weight is 330 g/mol. The number of rotatable bonds is 5. The lowest BCUT2D eigenvalue weighted by Crippen LogP contribution is -2.42. The van der Waals surface area contributed by atoms with E-state index in [-0.39, 0.29) is 16.7 Å². The van der Waals surface area contributed by atoms with Crippen molar-refractivity contribution in [2.24, 2.45) is 0 Å². The van der Waals surface area contributed by atoms with Gasteiger partial charge in [-0.15, -0.1) is 11.3 Å². The van der Waals surface area contributed by atoms with Gasteiger partial charge in [0.15, 0.2) is 0 Å². The molecule has 0 aromatic carbocycles. The zero-order valence-corrected chi connectivity index (χ0v) is 13.1. The highest BCUT2D eigenvalue weighted by atomic mass is 32.2. The fourth-order valence-corrected chi connectivity index (χ4v) is 5.89. The van der Waals surface area contributed by atoms with Crippen molar-refractivity contribution in [2.75, 3.05) is 13.1 Å². The fraction of sp³-hybridized carbons (Fsp3) is 0.615. The first-order valence-corrected chi connectivity index (χ1v) is 9.32. The Bertz CT molecular complexity index is 640. The van der Waals surface area contributed by atoms with Crippen LogP contribution in [0.1, 0.15) is 24.1 Å². The Labute approximate surface area is 127 Å². The maximum atomic E-state index is 12.4. The average Bonchev–Trinajstić information content (AvgIpc) is 3.06. The van der Waals surface area contributed by atoms with Gasteiger partial charge in [-0.1, -0.05) is 0 Å². The molecule has 2 saturated heterocycles. The van der Waals surface area contributed by atoms with Crippen LogP contribution in [0.25, 0.3) is 0 Å². The summed E-state index contributed by atoms with van der Waals surface area (Å²) in [6.07, 6.45) is 2.88. The molecule has 2 aliphatic heterocycles. The van der Waals surface area contributed by atoms with Crippen LogP contribution >= 0.6 is 11.3 Å². The van der Waals surface area contributed by atoms with Gasteiger partial charge >= 0.3 is 5.97 Å². The normalized spacial score (nSPS) is 26.1. The van der Waals surface area contributed by atoms with Crippen molar-refractivity contribution < 1.29 is 18.3 Å². The van der Waals surface area contributed by atoms with Gasteiger partial charge in [0, 0.05) is 23.5 Å². The van der Waals surface area contributed by atoms with Crippen molar-refractivity contribution in [2.45, 2.75) is 42.0 Å². The Kier molecular flexibility index (Phi) is 4.04. The Hall–Kier alpha value is -0.960. The SMILES string of the molecule is O=C(O)Cc1ccc(S(=O)(=O)NC2CCN3CCCC23)s1. The van der Waals surface area contributed by atoms with Gasteiger partial charge in [0.05, 0.1) is 6.42 Å². The van der Waals surface area contributed by atoms with Crippen molar-refractivity contribution >= 4 is 27.3 Å². The second-order valence-corrected chi connectivity index (χ2v) is 8.66. The largest absolute Gasteiger partial charge is 0.481 e. The van der Waals surface area contributed by atoms with E-state index in [1.165, 1.54) is 6.07 Å². The van der Waals surface area contributed by atoms with Gasteiger partial charge in [0.2, 0.25) is 10.0 Å². The zero-order chi connectivity index (χ0) is 15.0. The van der Waals surface area contributed by atoms with Gasteiger partial charge in [0.1, 0.15) is 4.21 Å². The molecule has 2 unspecified atom stereocenters. The van der Waals surface area contributed by atoms with E-state index in [1.54, 1.807) is 6.07 Å². The molecule has 1 aromatic heterocycles. The van der Waals surface area contributed by atoms with E-state index in [4.69, 9.17) is 5.11 Å². The van der Waals surface area contributed by atoms with Crippen LogP contribution in [0, 0.1) is 0 Å². The van der Waals surface area contributed by atoms with Crippen molar-refractivity contribution in [3.05, 3.63) is 17.0 Å². The predicted molar refractivity (Wildman–Crippen MR) is 79.0 cm³/mol. The number of aliphatic carboxylic acids is 1. The summed E-state index contributed by atoms with van der Waals surface area (Å²) in [4.78, 5) is 13.6. The highest BCUT2D eigenvalue weighted by Crippen LogP contribution is 2.30. The number of nitrogens with zero attached hydrogens (tertiary/aromatic N) is 1. The molecule has 21 heavy (non-hydrogen) atoms. The molecule has 0 bridgehead atoms. The molecule has 6 nitrogen and oxygen atoms in total. The number of sulfonamides is 1. The van der Waals surface area contributed by atoms with Gasteiger partial charge in [-0.25, -0.2) is 13.1 Å². The molecule has 1 aromatic rings. The number of carbonyl (C=O) groups is 1. The lowest BCUT2D eigenvalue weighted by molar-refractivity contribution is -0.136. The van der Waals surface area contributed by atoms with Crippen LogP contribution in [0.4, 0.5) is 0 Å². The first-order valence-electron chi connectivity index (χ1n) is 7.02. The summed E-state index contributed by atoms with van der Waals surface area (Å²) in [5.74, 6) is -0.953. The van der Waals surface area contributed by atoms with Crippen molar-refractivity contribution in [1.29, 1.82) is 0 Å². The van der Waals surface area contributed by atoms with Crippen LogP contribution < -0.4 is 4.72 Å². The maximum Gasteiger partial charge on any atom is 0.308 e. The third-order valence-electron chi connectivity index (χ3n) is 4.14. The molecule has 2 atom stereocenters. The van der Waals surface area contributed by atoms with Gasteiger partial charge in [0.25, 0.3) is 0 Å². The van der Waals surface area contributed by atoms with E-state index in [9.17, 15) is 13.2 Å². The molecule has 2 aliphatic rings. The highest BCUT2D eigenvalue weighted by molar-refractivity contribution is 7.91. The van der Waals surface area contributed by atoms with Crippen molar-refractivity contribution in [3.63, 3.8) is 0 Å². The number of carboxylic acid groups (broad SMARTS) is 1. The zero-order valence-electron chi connectivity index (χ0n) is 11.5. The van der Waals surface area contributed by atoms with E-state index in [1.807, 2.05) is 0 Å². The van der Waals surface area contributed by atoms with Crippen LogP contribution in [0.15, 0.2) is 16.3 Å². The number of thiophene rings is 1. The van der Waals surface area contributed by atoms with Crippen molar-refractivity contribution in [1.82, 2.24) is 9.62 Å². The molecule has 0 saturated carbocycles. The Morgan fingerprint density at radius 2 is 2.19 bits per heavy atom. The lowest BCUT2D eigenvalue weighted by atomic mass is 10.1. The molecule has 116 valence electrons. The third-order valence-corrected chi connectivity index (χ3v) is 7.21. The van der Waals surface area contributed by atoms with E-state index >= 15 is 0 Å². The summed E-state index contributed by atoms with van der Waals surface area (Å²) in [6.45, 7) is 2.01. The molecular weight excluding hydrogens is 312 g/mol. The van der Waals surface area contributed by atoms with Crippen LogP contribution in [0.2, 0.25) is 0 Å². The summed E-state index contributed by atoms with van der Waals surface area (Å²) in [5.41, 5.74) is 0. The number of fused-ring (bicyclic) bond motifs is 1. The van der Waals surface area contributed by atoms with E-state index in [0.29, 0.717) is 10.9 Å². The first kappa shape index (κ1) is 15.0. The molecule has 2 N–H and O–H groups in total. The minimum Gasteiger partial charge on any atom is -0.481 e. The standard InChI is InChI=1S/C13H18N2O4S2/c16-12(17)8-9-3-4-13(20-9)21(18,19)14-10-5-7-15-6-1-2-11(10)15/h3-4,10-11,14H,1-2,5-8H2,(H,16,17). The van der Waals surface area contributed by atoms with Crippen LogP contribution in [0.3, 0.4) is 0 Å². The van der Waals surface area contributed by atoms with Crippen LogP contribution in [-0.4, -0.2) is 49.6 Å². The number of carboxylic acids is 1. The molecule has 2 fully saturated rings. The molecule has 0 aliphatic carbocycles. The quantitative estimate of drug-likeness (QED) is 0.837. The first-order chi connectivity index (χ1) is 9.95. The van der Waals surface area contributed by atoms with Crippen molar-refractivity contribution in [3.8, 4) is 0 Å². The summed E-state index contributed by atoms with van der Waals surface area (Å²) in [6, 6.07) is 3.36. The molecule has 0 spiro atoms. The maximum absolute atomic E-state index is 12.4. The van der Waals surface area contributed by atoms with Gasteiger partial charge < -0.3 is 5.11 Å². The highest BCUT2D eigenvalue weighted by Gasteiger charge is 2.39. The van der Waals surface area contributed by atoms with Crippen LogP contribution in [0.5, 0.6) is 0 Å².